The first-order chi connectivity index (χ1) is 8.70. The zero-order valence-electron chi connectivity index (χ0n) is 12.2. The third kappa shape index (κ3) is 5.40. The zero-order valence-corrected chi connectivity index (χ0v) is 13.0. The SMILES string of the molecule is CN1CCN(C(=O)CCSC(C)(C)C)CC1C(=O)O. The molecule has 1 heterocycles. The Kier molecular flexibility index (Phi) is 5.67. The molecule has 0 aromatic heterocycles. The Balaban J connectivity index is 2.43. The highest BCUT2D eigenvalue weighted by Crippen LogP contribution is 2.24. The predicted molar refractivity (Wildman–Crippen MR) is 77.5 cm³/mol. The monoisotopic (exact) mass is 288 g/mol. The largest absolute Gasteiger partial charge is 0.480 e. The summed E-state index contributed by atoms with van der Waals surface area (Å²) in [7, 11) is 1.79. The van der Waals surface area contributed by atoms with Crippen LogP contribution in [0.2, 0.25) is 0 Å². The summed E-state index contributed by atoms with van der Waals surface area (Å²) < 4.78 is 0.159. The van der Waals surface area contributed by atoms with Crippen LogP contribution in [0, 0.1) is 0 Å². The second kappa shape index (κ2) is 6.61. The number of piperazine rings is 1. The van der Waals surface area contributed by atoms with Gasteiger partial charge in [0.2, 0.25) is 5.91 Å². The van der Waals surface area contributed by atoms with Crippen molar-refractivity contribution in [3.63, 3.8) is 0 Å². The lowest BCUT2D eigenvalue weighted by atomic mass is 10.1. The van der Waals surface area contributed by atoms with Crippen LogP contribution in [-0.4, -0.2) is 70.0 Å². The van der Waals surface area contributed by atoms with Gasteiger partial charge in [-0.3, -0.25) is 14.5 Å². The molecule has 5 nitrogen and oxygen atoms in total. The number of nitrogens with zero attached hydrogens (tertiary/aromatic N) is 2. The summed E-state index contributed by atoms with van der Waals surface area (Å²) in [6.07, 6.45) is 0.484. The van der Waals surface area contributed by atoms with Crippen molar-refractivity contribution in [3.8, 4) is 0 Å². The van der Waals surface area contributed by atoms with Gasteiger partial charge in [-0.25, -0.2) is 0 Å². The number of likely N-dealkylation sites (N-methyl/N-ethyl adjacent to an activating group) is 1. The second-order valence-electron chi connectivity index (χ2n) is 5.89. The van der Waals surface area contributed by atoms with E-state index >= 15 is 0 Å². The Morgan fingerprint density at radius 1 is 1.32 bits per heavy atom. The smallest absolute Gasteiger partial charge is 0.322 e. The fourth-order valence-electron chi connectivity index (χ4n) is 1.97. The van der Waals surface area contributed by atoms with Crippen LogP contribution in [-0.2, 0) is 9.59 Å². The van der Waals surface area contributed by atoms with Crippen LogP contribution in [0.15, 0.2) is 0 Å². The lowest BCUT2D eigenvalue weighted by molar-refractivity contribution is -0.147. The van der Waals surface area contributed by atoms with E-state index in [-0.39, 0.29) is 10.7 Å². The molecular weight excluding hydrogens is 264 g/mol. The van der Waals surface area contributed by atoms with E-state index in [9.17, 15) is 9.59 Å². The molecule has 1 amide bonds. The molecule has 1 aliphatic rings. The normalized spacial score (nSPS) is 21.5. The fraction of sp³-hybridized carbons (Fsp3) is 0.846. The number of hydrogen-bond acceptors (Lipinski definition) is 4. The van der Waals surface area contributed by atoms with E-state index in [0.29, 0.717) is 26.1 Å². The summed E-state index contributed by atoms with van der Waals surface area (Å²) >= 11 is 1.76. The Bertz CT molecular complexity index is 341. The van der Waals surface area contributed by atoms with Crippen molar-refractivity contribution in [1.29, 1.82) is 0 Å². The predicted octanol–water partition coefficient (Wildman–Crippen LogP) is 1.14. The Labute approximate surface area is 119 Å². The number of carboxylic acid groups (broad SMARTS) is 1. The van der Waals surface area contributed by atoms with E-state index in [1.54, 1.807) is 28.6 Å². The molecule has 1 saturated heterocycles. The number of carbonyl (C=O) groups is 2. The van der Waals surface area contributed by atoms with Gasteiger partial charge >= 0.3 is 5.97 Å². The number of hydrogen-bond donors (Lipinski definition) is 1. The van der Waals surface area contributed by atoms with E-state index in [1.165, 1.54) is 0 Å². The van der Waals surface area contributed by atoms with Gasteiger partial charge in [0.25, 0.3) is 0 Å². The maximum atomic E-state index is 12.1. The van der Waals surface area contributed by atoms with Crippen LogP contribution < -0.4 is 0 Å². The van der Waals surface area contributed by atoms with E-state index < -0.39 is 12.0 Å². The summed E-state index contributed by atoms with van der Waals surface area (Å²) in [5.74, 6) is -0.00737. The molecule has 0 bridgehead atoms. The van der Waals surface area contributed by atoms with Gasteiger partial charge in [-0.15, -0.1) is 0 Å². The van der Waals surface area contributed by atoms with Gasteiger partial charge in [-0.2, -0.15) is 11.8 Å². The van der Waals surface area contributed by atoms with Crippen LogP contribution in [0.1, 0.15) is 27.2 Å². The molecule has 0 spiro atoms. The Morgan fingerprint density at radius 3 is 2.47 bits per heavy atom. The molecule has 1 atom stereocenters. The standard InChI is InChI=1S/C13H24N2O3S/c1-13(2,3)19-8-5-11(16)15-7-6-14(4)10(9-15)12(17)18/h10H,5-9H2,1-4H3,(H,17,18). The number of rotatable bonds is 4. The molecule has 1 aliphatic heterocycles. The molecule has 19 heavy (non-hydrogen) atoms. The first-order valence-corrected chi connectivity index (χ1v) is 7.54. The second-order valence-corrected chi connectivity index (χ2v) is 7.81. The number of amides is 1. The zero-order chi connectivity index (χ0) is 14.6. The minimum Gasteiger partial charge on any atom is -0.480 e. The van der Waals surface area contributed by atoms with Crippen LogP contribution in [0.3, 0.4) is 0 Å². The van der Waals surface area contributed by atoms with Gasteiger partial charge in [-0.05, 0) is 7.05 Å². The van der Waals surface area contributed by atoms with Gasteiger partial charge in [0.05, 0.1) is 0 Å². The van der Waals surface area contributed by atoms with E-state index in [2.05, 4.69) is 20.8 Å². The summed E-state index contributed by atoms with van der Waals surface area (Å²) in [4.78, 5) is 26.6. The average molecular weight is 288 g/mol. The number of aliphatic carboxylic acids is 1. The molecule has 1 N–H and O–H groups in total. The van der Waals surface area contributed by atoms with Crippen molar-refractivity contribution in [2.45, 2.75) is 38.0 Å². The molecule has 0 radical (unpaired) electrons. The lowest BCUT2D eigenvalue weighted by Gasteiger charge is -2.37. The number of carbonyl (C=O) groups excluding carboxylic acids is 1. The first kappa shape index (κ1) is 16.3. The van der Waals surface area contributed by atoms with Crippen molar-refractivity contribution in [2.24, 2.45) is 0 Å². The van der Waals surface area contributed by atoms with Crippen molar-refractivity contribution in [1.82, 2.24) is 9.80 Å². The van der Waals surface area contributed by atoms with Crippen LogP contribution in [0.25, 0.3) is 0 Å². The fourth-order valence-corrected chi connectivity index (χ4v) is 2.86. The molecule has 1 unspecified atom stereocenters. The summed E-state index contributed by atoms with van der Waals surface area (Å²) in [5.41, 5.74) is 0. The van der Waals surface area contributed by atoms with Crippen LogP contribution in [0.4, 0.5) is 0 Å². The molecule has 1 fully saturated rings. The maximum Gasteiger partial charge on any atom is 0.322 e. The minimum absolute atomic E-state index is 0.0658. The van der Waals surface area contributed by atoms with E-state index in [1.807, 2.05) is 0 Å². The third-order valence-electron chi connectivity index (χ3n) is 3.14. The highest BCUT2D eigenvalue weighted by Gasteiger charge is 2.31. The molecular formula is C13H24N2O3S. The van der Waals surface area contributed by atoms with Crippen LogP contribution >= 0.6 is 11.8 Å². The maximum absolute atomic E-state index is 12.1. The minimum atomic E-state index is -0.857. The molecule has 0 aromatic rings. The molecule has 0 aromatic carbocycles. The highest BCUT2D eigenvalue weighted by molar-refractivity contribution is 8.00. The molecule has 0 aliphatic carbocycles. The van der Waals surface area contributed by atoms with Crippen molar-refractivity contribution in [3.05, 3.63) is 0 Å². The average Bonchev–Trinajstić information content (AvgIpc) is 2.27. The molecule has 0 saturated carbocycles. The van der Waals surface area contributed by atoms with Gasteiger partial charge in [-0.1, -0.05) is 20.8 Å². The van der Waals surface area contributed by atoms with Crippen molar-refractivity contribution in [2.75, 3.05) is 32.4 Å². The third-order valence-corrected chi connectivity index (χ3v) is 4.41. The summed E-state index contributed by atoms with van der Waals surface area (Å²) in [5, 5.41) is 9.11. The van der Waals surface area contributed by atoms with E-state index in [0.717, 1.165) is 5.75 Å². The summed E-state index contributed by atoms with van der Waals surface area (Å²) in [6.45, 7) is 7.91. The van der Waals surface area contributed by atoms with Gasteiger partial charge in [0.15, 0.2) is 0 Å². The van der Waals surface area contributed by atoms with Gasteiger partial charge in [0, 0.05) is 36.6 Å². The molecule has 6 heteroatoms. The lowest BCUT2D eigenvalue weighted by Crippen LogP contribution is -2.56. The Hall–Kier alpha value is -0.750. The van der Waals surface area contributed by atoms with Crippen molar-refractivity contribution < 1.29 is 14.7 Å². The van der Waals surface area contributed by atoms with Crippen molar-refractivity contribution >= 4 is 23.6 Å². The highest BCUT2D eigenvalue weighted by atomic mass is 32.2. The first-order valence-electron chi connectivity index (χ1n) is 6.55. The van der Waals surface area contributed by atoms with E-state index in [4.69, 9.17) is 5.11 Å². The summed E-state index contributed by atoms with van der Waals surface area (Å²) in [6, 6.07) is -0.576. The topological polar surface area (TPSA) is 60.9 Å². The number of thioether (sulfide) groups is 1. The number of carboxylic acids is 1. The van der Waals surface area contributed by atoms with Crippen LogP contribution in [0.5, 0.6) is 0 Å². The van der Waals surface area contributed by atoms with Gasteiger partial charge < -0.3 is 10.0 Å². The quantitative estimate of drug-likeness (QED) is 0.840. The molecule has 1 rings (SSSR count). The Morgan fingerprint density at radius 2 is 1.95 bits per heavy atom. The molecule has 110 valence electrons. The van der Waals surface area contributed by atoms with Gasteiger partial charge in [0.1, 0.15) is 6.04 Å².